The zero-order valence-corrected chi connectivity index (χ0v) is 38.1. The second-order valence-electron chi connectivity index (χ2n) is 16.1. The number of hydrogen-bond acceptors (Lipinski definition) is 13. The average molecular weight is 1060 g/mol. The van der Waals surface area contributed by atoms with Crippen LogP contribution in [-0.2, 0) is 36.1 Å². The molecule has 4 aromatic heterocycles. The summed E-state index contributed by atoms with van der Waals surface area (Å²) in [5.41, 5.74) is -5.60. The van der Waals surface area contributed by atoms with E-state index in [1.54, 1.807) is 0 Å². The highest BCUT2D eigenvalue weighted by Crippen LogP contribution is 2.48. The third kappa shape index (κ3) is 10.6. The molecule has 0 aliphatic carbocycles. The first-order chi connectivity index (χ1) is 33.9. The topological polar surface area (TPSA) is 184 Å². The number of halogens is 9. The number of tetrazole rings is 2. The highest BCUT2D eigenvalue weighted by molar-refractivity contribution is 9.10. The summed E-state index contributed by atoms with van der Waals surface area (Å²) in [4.78, 5) is 12.1. The van der Waals surface area contributed by atoms with Crippen LogP contribution in [0.1, 0.15) is 35.5 Å². The van der Waals surface area contributed by atoms with E-state index in [2.05, 4.69) is 72.8 Å². The molecule has 1 saturated heterocycles. The van der Waals surface area contributed by atoms with E-state index in [4.69, 9.17) is 5.26 Å². The van der Waals surface area contributed by atoms with Crippen LogP contribution in [0.15, 0.2) is 139 Å². The highest BCUT2D eigenvalue weighted by Gasteiger charge is 2.59. The monoisotopic (exact) mass is 1060 g/mol. The van der Waals surface area contributed by atoms with Crippen LogP contribution in [0, 0.1) is 34.6 Å². The van der Waals surface area contributed by atoms with Gasteiger partial charge in [0.1, 0.15) is 47.3 Å². The van der Waals surface area contributed by atoms with Gasteiger partial charge in [-0.25, -0.2) is 26.9 Å². The fourth-order valence-corrected chi connectivity index (χ4v) is 8.14. The lowest BCUT2D eigenvalue weighted by molar-refractivity contribution is -0.207. The summed E-state index contributed by atoms with van der Waals surface area (Å²) in [6.07, 6.45) is 4.35. The Kier molecular flexibility index (Phi) is 15.4. The van der Waals surface area contributed by atoms with Crippen LogP contribution in [0.2, 0.25) is 0 Å². The third-order valence-electron chi connectivity index (χ3n) is 11.7. The Balaban J connectivity index is 0.000000240. The van der Waals surface area contributed by atoms with Crippen LogP contribution in [0.25, 0.3) is 11.1 Å². The molecule has 0 saturated carbocycles. The number of anilines is 2. The summed E-state index contributed by atoms with van der Waals surface area (Å²) in [5, 5.41) is 51.6. The van der Waals surface area contributed by atoms with Gasteiger partial charge in [0.2, 0.25) is 0 Å². The Bertz CT molecular complexity index is 3110. The molecule has 2 atom stereocenters. The lowest BCUT2D eigenvalue weighted by Gasteiger charge is -2.37. The summed E-state index contributed by atoms with van der Waals surface area (Å²) in [6, 6.07) is 26.0. The van der Waals surface area contributed by atoms with Gasteiger partial charge >= 0.3 is 11.8 Å². The molecule has 24 heteroatoms. The van der Waals surface area contributed by atoms with Crippen LogP contribution in [0.3, 0.4) is 0 Å². The van der Waals surface area contributed by atoms with E-state index >= 15 is 17.6 Å². The Morgan fingerprint density at radius 1 is 0.569 bits per heavy atom. The molecule has 0 radical (unpaired) electrons. The van der Waals surface area contributed by atoms with E-state index in [9.17, 15) is 27.8 Å². The lowest BCUT2D eigenvalue weighted by atomic mass is 9.84. The molecule has 2 N–H and O–H groups in total. The fourth-order valence-electron chi connectivity index (χ4n) is 7.90. The smallest absolute Gasteiger partial charge is 0.323 e. The van der Waals surface area contributed by atoms with E-state index in [0.29, 0.717) is 27.7 Å². The van der Waals surface area contributed by atoms with Crippen LogP contribution < -0.4 is 9.80 Å². The lowest BCUT2D eigenvalue weighted by Crippen LogP contribution is -2.48. The second-order valence-corrected chi connectivity index (χ2v) is 17.0. The molecule has 72 heavy (non-hydrogen) atoms. The minimum atomic E-state index is -4.14. The molecule has 1 aliphatic heterocycles. The highest BCUT2D eigenvalue weighted by atomic mass is 79.9. The van der Waals surface area contributed by atoms with Gasteiger partial charge in [0.25, 0.3) is 0 Å². The van der Waals surface area contributed by atoms with E-state index < -0.39 is 81.9 Å². The molecule has 15 nitrogen and oxygen atoms in total. The van der Waals surface area contributed by atoms with Crippen molar-refractivity contribution in [3.63, 3.8) is 0 Å². The van der Waals surface area contributed by atoms with Gasteiger partial charge in [-0.3, -0.25) is 9.97 Å². The summed E-state index contributed by atoms with van der Waals surface area (Å²) < 4.78 is 120. The predicted molar refractivity (Wildman–Crippen MR) is 248 cm³/mol. The maximum absolute atomic E-state index is 16.0. The quantitative estimate of drug-likeness (QED) is 0.105. The van der Waals surface area contributed by atoms with Gasteiger partial charge in [-0.15, -0.1) is 10.2 Å². The molecule has 8 aromatic rings. The zero-order valence-electron chi connectivity index (χ0n) is 36.6. The minimum absolute atomic E-state index is 0. The number of nitrogens with zero attached hydrogens (tertiary/aromatic N) is 13. The van der Waals surface area contributed by atoms with Crippen LogP contribution in [0.5, 0.6) is 0 Å². The Morgan fingerprint density at radius 3 is 1.38 bits per heavy atom. The summed E-state index contributed by atoms with van der Waals surface area (Å²) in [7, 11) is 0. The number of aliphatic hydroxyl groups is 2. The van der Waals surface area contributed by atoms with E-state index in [1.165, 1.54) is 18.3 Å². The first kappa shape index (κ1) is 52.1. The molecule has 1 aliphatic rings. The van der Waals surface area contributed by atoms with Crippen molar-refractivity contribution in [3.05, 3.63) is 190 Å². The molecular weight excluding hydrogens is 1020 g/mol. The molecule has 0 amide bonds. The number of rotatable bonds is 13. The molecule has 4 aromatic carbocycles. The maximum Gasteiger partial charge on any atom is 0.323 e. The molecule has 0 bridgehead atoms. The fraction of sp³-hybridized carbons (Fsp3) is 0.229. The molecular formula is C48H40BrF8N13O2. The number of piperazine rings is 1. The molecule has 0 unspecified atom stereocenters. The number of benzene rings is 4. The van der Waals surface area contributed by atoms with Crippen molar-refractivity contribution in [1.82, 2.24) is 50.4 Å². The SMILES string of the molecule is C.N#Cc1ccc(N2CCN(c3ccc(-c4ccc(C(F)(F)[C@](O)(Cn5cnnn5)c5ccc(F)cc5F)nc4)cc3)CC2)cc1.O[C@@](Cn1cnnn1)(c1ccc(F)cc1F)C(F)(F)c1ccc(Br)cn1. The van der Waals surface area contributed by atoms with Crippen molar-refractivity contribution in [2.24, 2.45) is 0 Å². The van der Waals surface area contributed by atoms with Gasteiger partial charge in [-0.2, -0.15) is 22.8 Å². The number of pyridine rings is 2. The van der Waals surface area contributed by atoms with Gasteiger partial charge < -0.3 is 20.0 Å². The standard InChI is InChI=1S/C32H26F4N8O.C15H10BrF4N5O.CH4/c33-25-6-11-28(29(34)17-25)31(45,20-44-21-39-40-41-44)32(35,36)30-12-5-24(19-38-30)23-3-9-27(10-4-23)43-15-13-42(14-16-43)26-7-1-22(18-37)2-8-26;16-9-1-4-13(21-6-9)15(19,20)14(26,7-25-8-22-23-24-25)11-3-2-10(17)5-12(11)18;/h1-12,17,19,21,45H,13-16,20H2;1-6,8,26H,7H2;1H4/t31-;14-;/m00./s1. The molecule has 1 fully saturated rings. The summed E-state index contributed by atoms with van der Waals surface area (Å²) >= 11 is 3.07. The Labute approximate surface area is 413 Å². The molecule has 9 rings (SSSR count). The van der Waals surface area contributed by atoms with Gasteiger partial charge in [-0.05, 0) is 121 Å². The largest absolute Gasteiger partial charge is 0.377 e. The van der Waals surface area contributed by atoms with Crippen LogP contribution in [-0.4, -0.2) is 86.8 Å². The number of aromatic nitrogens is 10. The van der Waals surface area contributed by atoms with E-state index in [0.717, 1.165) is 108 Å². The van der Waals surface area contributed by atoms with Crippen molar-refractivity contribution < 1.29 is 45.3 Å². The minimum Gasteiger partial charge on any atom is -0.377 e. The van der Waals surface area contributed by atoms with E-state index in [1.807, 2.05) is 48.5 Å². The first-order valence-electron chi connectivity index (χ1n) is 21.1. The maximum atomic E-state index is 16.0. The number of nitriles is 1. The van der Waals surface area contributed by atoms with Crippen molar-refractivity contribution in [2.45, 2.75) is 43.6 Å². The summed E-state index contributed by atoms with van der Waals surface area (Å²) in [6.45, 7) is 1.40. The number of alkyl halides is 4. The number of hydrogen-bond donors (Lipinski definition) is 2. The van der Waals surface area contributed by atoms with E-state index in [-0.39, 0.29) is 7.43 Å². The average Bonchev–Trinajstić information content (AvgIpc) is 4.09. The third-order valence-corrected chi connectivity index (χ3v) is 12.2. The Hall–Kier alpha value is -7.75. The Morgan fingerprint density at radius 2 is 1.00 bits per heavy atom. The van der Waals surface area contributed by atoms with Gasteiger partial charge in [0.05, 0.1) is 24.7 Å². The summed E-state index contributed by atoms with van der Waals surface area (Å²) in [5.74, 6) is -12.8. The van der Waals surface area contributed by atoms with Crippen molar-refractivity contribution in [1.29, 1.82) is 5.26 Å². The zero-order chi connectivity index (χ0) is 50.6. The van der Waals surface area contributed by atoms with Gasteiger partial charge in [0, 0.05) is 83.2 Å². The van der Waals surface area contributed by atoms with Gasteiger partial charge in [0.15, 0.2) is 11.2 Å². The molecule has 372 valence electrons. The second kappa shape index (κ2) is 21.3. The molecule has 5 heterocycles. The molecule has 0 spiro atoms. The van der Waals surface area contributed by atoms with Gasteiger partial charge in [-0.1, -0.05) is 25.6 Å². The predicted octanol–water partition coefficient (Wildman–Crippen LogP) is 8.32. The van der Waals surface area contributed by atoms with Crippen LogP contribution >= 0.6 is 15.9 Å². The van der Waals surface area contributed by atoms with Crippen molar-refractivity contribution in [2.75, 3.05) is 36.0 Å². The van der Waals surface area contributed by atoms with Crippen molar-refractivity contribution >= 4 is 27.3 Å². The normalized spacial score (nSPS) is 14.5. The van der Waals surface area contributed by atoms with Crippen molar-refractivity contribution in [3.8, 4) is 17.2 Å². The first-order valence-corrected chi connectivity index (χ1v) is 21.9. The van der Waals surface area contributed by atoms with Crippen LogP contribution in [0.4, 0.5) is 46.5 Å².